The third-order valence-electron chi connectivity index (χ3n) is 3.49. The summed E-state index contributed by atoms with van der Waals surface area (Å²) in [5.41, 5.74) is 6.01. The summed E-state index contributed by atoms with van der Waals surface area (Å²) in [6, 6.07) is 10.9. The molecule has 1 unspecified atom stereocenters. The lowest BCUT2D eigenvalue weighted by Gasteiger charge is -2.33. The molecule has 2 heterocycles. The number of primary amides is 1. The van der Waals surface area contributed by atoms with Crippen LogP contribution >= 0.6 is 34.7 Å². The van der Waals surface area contributed by atoms with Crippen molar-refractivity contribution in [1.82, 2.24) is 0 Å². The lowest BCUT2D eigenvalue weighted by atomic mass is 10.2. The van der Waals surface area contributed by atoms with Gasteiger partial charge in [-0.15, -0.1) is 23.1 Å². The Labute approximate surface area is 152 Å². The Morgan fingerprint density at radius 2 is 2.12 bits per heavy atom. The van der Waals surface area contributed by atoms with Crippen molar-refractivity contribution in [3.8, 4) is 5.75 Å². The van der Waals surface area contributed by atoms with Gasteiger partial charge in [0.05, 0.1) is 22.3 Å². The average molecular weight is 383 g/mol. The molecule has 0 aliphatic carbocycles. The van der Waals surface area contributed by atoms with E-state index in [0.29, 0.717) is 22.9 Å². The maximum atomic E-state index is 12.6. The third-order valence-corrected chi connectivity index (χ3v) is 5.87. The molecule has 1 aromatic heterocycles. The van der Waals surface area contributed by atoms with E-state index in [1.807, 2.05) is 18.2 Å². The van der Waals surface area contributed by atoms with Gasteiger partial charge in [-0.2, -0.15) is 0 Å². The molecule has 8 heteroatoms. The van der Waals surface area contributed by atoms with Crippen LogP contribution in [0.4, 0.5) is 5.69 Å². The first-order valence-corrected chi connectivity index (χ1v) is 9.57. The van der Waals surface area contributed by atoms with Crippen LogP contribution in [0.15, 0.2) is 36.4 Å². The van der Waals surface area contributed by atoms with Crippen molar-refractivity contribution >= 4 is 52.2 Å². The van der Waals surface area contributed by atoms with Gasteiger partial charge in [-0.25, -0.2) is 0 Å². The number of fused-ring (bicyclic) bond motifs is 1. The van der Waals surface area contributed by atoms with E-state index < -0.39 is 12.0 Å². The molecular formula is C16H15ClN2O3S2. The Hall–Kier alpha value is -1.70. The molecule has 126 valence electrons. The van der Waals surface area contributed by atoms with Gasteiger partial charge in [0.25, 0.3) is 5.91 Å². The minimum atomic E-state index is -0.829. The van der Waals surface area contributed by atoms with E-state index in [4.69, 9.17) is 22.1 Å². The number of rotatable bonds is 5. The quantitative estimate of drug-likeness (QED) is 0.862. The van der Waals surface area contributed by atoms with Crippen molar-refractivity contribution in [3.05, 3.63) is 45.6 Å². The zero-order valence-electron chi connectivity index (χ0n) is 12.6. The van der Waals surface area contributed by atoms with Crippen molar-refractivity contribution < 1.29 is 14.3 Å². The predicted molar refractivity (Wildman–Crippen MR) is 97.9 cm³/mol. The Bertz CT molecular complexity index is 765. The van der Waals surface area contributed by atoms with Gasteiger partial charge < -0.3 is 15.4 Å². The lowest BCUT2D eigenvalue weighted by Crippen LogP contribution is -2.49. The molecule has 1 aliphatic rings. The van der Waals surface area contributed by atoms with Gasteiger partial charge in [0.1, 0.15) is 5.75 Å². The summed E-state index contributed by atoms with van der Waals surface area (Å²) in [4.78, 5) is 26.8. The average Bonchev–Trinajstić information content (AvgIpc) is 2.99. The molecule has 0 fully saturated rings. The van der Waals surface area contributed by atoms with E-state index in [1.54, 1.807) is 23.1 Å². The second-order valence-electron chi connectivity index (χ2n) is 5.18. The number of ether oxygens (including phenoxy) is 1. The predicted octanol–water partition coefficient (Wildman–Crippen LogP) is 2.91. The summed E-state index contributed by atoms with van der Waals surface area (Å²) < 4.78 is 6.30. The minimum absolute atomic E-state index is 0.0790. The molecule has 3 rings (SSSR count). The highest BCUT2D eigenvalue weighted by Crippen LogP contribution is 2.33. The summed E-state index contributed by atoms with van der Waals surface area (Å²) in [6.45, 7) is 0.135. The molecule has 0 spiro atoms. The number of carbonyl (C=O) groups excluding carboxylic acids is 2. The first-order valence-electron chi connectivity index (χ1n) is 7.22. The number of amides is 2. The largest absolute Gasteiger partial charge is 0.477 e. The van der Waals surface area contributed by atoms with Gasteiger partial charge in [0.15, 0.2) is 6.10 Å². The highest BCUT2D eigenvalue weighted by molar-refractivity contribution is 7.99. The van der Waals surface area contributed by atoms with E-state index in [9.17, 15) is 9.59 Å². The van der Waals surface area contributed by atoms with Crippen LogP contribution in [0, 0.1) is 0 Å². The van der Waals surface area contributed by atoms with Crippen molar-refractivity contribution in [3.63, 3.8) is 0 Å². The SMILES string of the molecule is NC(=O)C1CN(C(=O)CSCc2ccc(Cl)s2)c2ccccc2O1. The van der Waals surface area contributed by atoms with Crippen LogP contribution < -0.4 is 15.4 Å². The number of nitrogens with two attached hydrogens (primary N) is 1. The monoisotopic (exact) mass is 382 g/mol. The number of nitrogens with zero attached hydrogens (tertiary/aromatic N) is 1. The highest BCUT2D eigenvalue weighted by atomic mass is 35.5. The first-order chi connectivity index (χ1) is 11.5. The maximum absolute atomic E-state index is 12.6. The van der Waals surface area contributed by atoms with Crippen LogP contribution in [-0.4, -0.2) is 30.2 Å². The fraction of sp³-hybridized carbons (Fsp3) is 0.250. The summed E-state index contributed by atoms with van der Waals surface area (Å²) in [5.74, 6) is 0.854. The van der Waals surface area contributed by atoms with Crippen LogP contribution in [0.1, 0.15) is 4.88 Å². The molecule has 0 saturated heterocycles. The number of halogens is 1. The van der Waals surface area contributed by atoms with E-state index in [1.165, 1.54) is 23.1 Å². The zero-order valence-corrected chi connectivity index (χ0v) is 15.0. The number of benzene rings is 1. The molecule has 0 bridgehead atoms. The van der Waals surface area contributed by atoms with Gasteiger partial charge in [-0.1, -0.05) is 23.7 Å². The number of thioether (sulfide) groups is 1. The van der Waals surface area contributed by atoms with Crippen LogP contribution in [0.5, 0.6) is 5.75 Å². The van der Waals surface area contributed by atoms with Gasteiger partial charge in [-0.3, -0.25) is 9.59 Å². The molecule has 1 aliphatic heterocycles. The normalized spacial score (nSPS) is 16.4. The Morgan fingerprint density at radius 1 is 1.33 bits per heavy atom. The van der Waals surface area contributed by atoms with E-state index in [0.717, 1.165) is 9.21 Å². The third kappa shape index (κ3) is 3.85. The molecule has 1 aromatic carbocycles. The van der Waals surface area contributed by atoms with Gasteiger partial charge in [-0.05, 0) is 24.3 Å². The van der Waals surface area contributed by atoms with Crippen LogP contribution in [0.3, 0.4) is 0 Å². The van der Waals surface area contributed by atoms with Gasteiger partial charge in [0, 0.05) is 10.6 Å². The van der Waals surface area contributed by atoms with Crippen molar-refractivity contribution in [2.24, 2.45) is 5.73 Å². The topological polar surface area (TPSA) is 72.6 Å². The summed E-state index contributed by atoms with van der Waals surface area (Å²) in [6.07, 6.45) is -0.829. The van der Waals surface area contributed by atoms with E-state index in [2.05, 4.69) is 0 Å². The molecule has 2 amide bonds. The number of carbonyl (C=O) groups is 2. The molecule has 24 heavy (non-hydrogen) atoms. The van der Waals surface area contributed by atoms with Crippen LogP contribution in [0.2, 0.25) is 4.34 Å². The molecule has 5 nitrogen and oxygen atoms in total. The molecular weight excluding hydrogens is 368 g/mol. The molecule has 2 N–H and O–H groups in total. The zero-order chi connectivity index (χ0) is 17.1. The summed E-state index contributed by atoms with van der Waals surface area (Å²) in [5, 5.41) is 0. The fourth-order valence-corrected chi connectivity index (χ4v) is 4.46. The summed E-state index contributed by atoms with van der Waals surface area (Å²) in [7, 11) is 0. The van der Waals surface area contributed by atoms with Crippen LogP contribution in [0.25, 0.3) is 0 Å². The first kappa shape index (κ1) is 17.1. The van der Waals surface area contributed by atoms with Gasteiger partial charge in [0.2, 0.25) is 5.91 Å². The Kier molecular flexibility index (Phi) is 5.33. The molecule has 0 saturated carbocycles. The second kappa shape index (κ2) is 7.46. The highest BCUT2D eigenvalue weighted by Gasteiger charge is 2.32. The van der Waals surface area contributed by atoms with Crippen LogP contribution in [-0.2, 0) is 15.3 Å². The number of hydrogen-bond acceptors (Lipinski definition) is 5. The number of hydrogen-bond donors (Lipinski definition) is 1. The minimum Gasteiger partial charge on any atom is -0.477 e. The number of anilines is 1. The lowest BCUT2D eigenvalue weighted by molar-refractivity contribution is -0.125. The maximum Gasteiger partial charge on any atom is 0.260 e. The molecule has 2 aromatic rings. The van der Waals surface area contributed by atoms with Crippen molar-refractivity contribution in [2.45, 2.75) is 11.9 Å². The number of thiophene rings is 1. The summed E-state index contributed by atoms with van der Waals surface area (Å²) >= 11 is 8.92. The fourth-order valence-electron chi connectivity index (χ4n) is 2.36. The molecule has 1 atom stereocenters. The van der Waals surface area contributed by atoms with Crippen molar-refractivity contribution in [2.75, 3.05) is 17.2 Å². The Morgan fingerprint density at radius 3 is 2.83 bits per heavy atom. The smallest absolute Gasteiger partial charge is 0.260 e. The second-order valence-corrected chi connectivity index (χ2v) is 7.96. The standard InChI is InChI=1S/C16H15ClN2O3S2/c17-14-6-5-10(24-14)8-23-9-15(20)19-7-13(16(18)21)22-12-4-2-1-3-11(12)19/h1-6,13H,7-9H2,(H2,18,21). The van der Waals surface area contributed by atoms with E-state index in [-0.39, 0.29) is 12.5 Å². The number of para-hydroxylation sites is 2. The Balaban J connectivity index is 1.67. The molecule has 0 radical (unpaired) electrons. The van der Waals surface area contributed by atoms with Crippen molar-refractivity contribution in [1.29, 1.82) is 0 Å². The van der Waals surface area contributed by atoms with E-state index >= 15 is 0 Å². The van der Waals surface area contributed by atoms with Gasteiger partial charge >= 0.3 is 0 Å².